The number of piperidine rings is 1. The summed E-state index contributed by atoms with van der Waals surface area (Å²) in [5.41, 5.74) is 1.06. The molecule has 0 bridgehead atoms. The molecule has 7 heteroatoms. The monoisotopic (exact) mass is 442 g/mol. The lowest BCUT2D eigenvalue weighted by molar-refractivity contribution is -0.137. The molecule has 1 aromatic heterocycles. The Morgan fingerprint density at radius 3 is 2.63 bits per heavy atom. The van der Waals surface area contributed by atoms with Crippen molar-refractivity contribution in [3.05, 3.63) is 63.9 Å². The van der Waals surface area contributed by atoms with E-state index in [9.17, 15) is 13.2 Å². The molecule has 1 saturated heterocycles. The standard InChI is InChI=1S/C20H22BrF3N2O/c21-18-11-15(10-17(12-18)20(22,23)24)14-27-9-5-19(3-7-25-8-4-19)16-2-1-6-26-13-16/h1-2,6,10-13,25H,3-5,7-9,14H2. The zero-order chi connectivity index (χ0) is 19.3. The summed E-state index contributed by atoms with van der Waals surface area (Å²) in [6, 6.07) is 7.93. The lowest BCUT2D eigenvalue weighted by atomic mass is 9.71. The first-order chi connectivity index (χ1) is 12.9. The van der Waals surface area contributed by atoms with Crippen LogP contribution in [-0.4, -0.2) is 24.7 Å². The maximum Gasteiger partial charge on any atom is 0.416 e. The molecule has 1 fully saturated rings. The van der Waals surface area contributed by atoms with Crippen molar-refractivity contribution in [2.45, 2.75) is 37.5 Å². The van der Waals surface area contributed by atoms with Crippen LogP contribution in [-0.2, 0) is 22.9 Å². The molecule has 146 valence electrons. The van der Waals surface area contributed by atoms with E-state index in [1.54, 1.807) is 12.3 Å². The molecule has 2 heterocycles. The number of ether oxygens (including phenoxy) is 1. The van der Waals surface area contributed by atoms with Crippen molar-refractivity contribution in [3.63, 3.8) is 0 Å². The zero-order valence-corrected chi connectivity index (χ0v) is 16.4. The van der Waals surface area contributed by atoms with E-state index in [0.29, 0.717) is 16.6 Å². The predicted octanol–water partition coefficient (Wildman–Crippen LogP) is 5.09. The van der Waals surface area contributed by atoms with Gasteiger partial charge >= 0.3 is 6.18 Å². The van der Waals surface area contributed by atoms with Crippen LogP contribution >= 0.6 is 15.9 Å². The van der Waals surface area contributed by atoms with Gasteiger partial charge in [0.1, 0.15) is 0 Å². The molecule has 1 N–H and O–H groups in total. The van der Waals surface area contributed by atoms with Gasteiger partial charge in [-0.25, -0.2) is 0 Å². The smallest absolute Gasteiger partial charge is 0.377 e. The summed E-state index contributed by atoms with van der Waals surface area (Å²) in [7, 11) is 0. The van der Waals surface area contributed by atoms with Crippen molar-refractivity contribution in [1.29, 1.82) is 0 Å². The third-order valence-corrected chi connectivity index (χ3v) is 5.57. The fourth-order valence-corrected chi connectivity index (χ4v) is 4.16. The zero-order valence-electron chi connectivity index (χ0n) is 14.9. The van der Waals surface area contributed by atoms with Gasteiger partial charge in [0.2, 0.25) is 0 Å². The van der Waals surface area contributed by atoms with E-state index in [1.807, 2.05) is 12.3 Å². The van der Waals surface area contributed by atoms with E-state index < -0.39 is 11.7 Å². The molecule has 1 aliphatic rings. The van der Waals surface area contributed by atoms with Crippen molar-refractivity contribution in [1.82, 2.24) is 10.3 Å². The van der Waals surface area contributed by atoms with Crippen LogP contribution in [0.4, 0.5) is 13.2 Å². The Morgan fingerprint density at radius 2 is 1.96 bits per heavy atom. The van der Waals surface area contributed by atoms with E-state index in [4.69, 9.17) is 4.74 Å². The summed E-state index contributed by atoms with van der Waals surface area (Å²) in [6.07, 6.45) is 2.13. The van der Waals surface area contributed by atoms with Crippen molar-refractivity contribution in [2.75, 3.05) is 19.7 Å². The quantitative estimate of drug-likeness (QED) is 0.632. The van der Waals surface area contributed by atoms with Gasteiger partial charge in [-0.2, -0.15) is 13.2 Å². The van der Waals surface area contributed by atoms with Gasteiger partial charge in [-0.05, 0) is 67.7 Å². The molecular weight excluding hydrogens is 421 g/mol. The van der Waals surface area contributed by atoms with E-state index in [2.05, 4.69) is 32.3 Å². The number of nitrogens with zero attached hydrogens (tertiary/aromatic N) is 1. The molecule has 27 heavy (non-hydrogen) atoms. The maximum atomic E-state index is 12.9. The third-order valence-electron chi connectivity index (χ3n) is 5.11. The molecule has 1 aliphatic heterocycles. The van der Waals surface area contributed by atoms with Crippen LogP contribution in [0.15, 0.2) is 47.2 Å². The van der Waals surface area contributed by atoms with Gasteiger partial charge < -0.3 is 10.1 Å². The van der Waals surface area contributed by atoms with Gasteiger partial charge in [-0.15, -0.1) is 0 Å². The molecule has 0 amide bonds. The molecule has 3 rings (SSSR count). The second-order valence-electron chi connectivity index (χ2n) is 6.92. The summed E-state index contributed by atoms with van der Waals surface area (Å²) in [5.74, 6) is 0. The highest BCUT2D eigenvalue weighted by Crippen LogP contribution is 2.37. The molecule has 0 radical (unpaired) electrons. The minimum atomic E-state index is -4.36. The molecule has 0 atom stereocenters. The van der Waals surface area contributed by atoms with Crippen molar-refractivity contribution in [2.24, 2.45) is 0 Å². The average Bonchev–Trinajstić information content (AvgIpc) is 2.66. The second-order valence-corrected chi connectivity index (χ2v) is 7.84. The normalized spacial score (nSPS) is 17.0. The highest BCUT2D eigenvalue weighted by Gasteiger charge is 2.34. The number of alkyl halides is 3. The van der Waals surface area contributed by atoms with Crippen LogP contribution in [0.3, 0.4) is 0 Å². The Kier molecular flexibility index (Phi) is 6.55. The predicted molar refractivity (Wildman–Crippen MR) is 101 cm³/mol. The third kappa shape index (κ3) is 5.30. The van der Waals surface area contributed by atoms with Gasteiger partial charge in [0.05, 0.1) is 12.2 Å². The summed E-state index contributed by atoms with van der Waals surface area (Å²) in [4.78, 5) is 4.25. The number of hydrogen-bond acceptors (Lipinski definition) is 3. The van der Waals surface area contributed by atoms with Crippen molar-refractivity contribution >= 4 is 15.9 Å². The summed E-state index contributed by atoms with van der Waals surface area (Å²) >= 11 is 3.15. The number of halogens is 4. The van der Waals surface area contributed by atoms with Gasteiger partial charge in [0, 0.05) is 28.9 Å². The number of pyridine rings is 1. The largest absolute Gasteiger partial charge is 0.416 e. The lowest BCUT2D eigenvalue weighted by Crippen LogP contribution is -2.40. The number of aromatic nitrogens is 1. The van der Waals surface area contributed by atoms with Crippen LogP contribution in [0.1, 0.15) is 36.0 Å². The average molecular weight is 443 g/mol. The van der Waals surface area contributed by atoms with Crippen molar-refractivity contribution in [3.8, 4) is 0 Å². The fraction of sp³-hybridized carbons (Fsp3) is 0.450. The minimum Gasteiger partial charge on any atom is -0.377 e. The van der Waals surface area contributed by atoms with Crippen LogP contribution < -0.4 is 5.32 Å². The molecule has 0 unspecified atom stereocenters. The number of nitrogens with one attached hydrogen (secondary N) is 1. The Bertz CT molecular complexity index is 747. The van der Waals surface area contributed by atoms with Gasteiger partial charge in [-0.3, -0.25) is 4.98 Å². The van der Waals surface area contributed by atoms with Crippen LogP contribution in [0, 0.1) is 0 Å². The Morgan fingerprint density at radius 1 is 1.19 bits per heavy atom. The highest BCUT2D eigenvalue weighted by atomic mass is 79.9. The summed E-state index contributed by atoms with van der Waals surface area (Å²) in [6.45, 7) is 2.53. The number of benzene rings is 1. The maximum absolute atomic E-state index is 12.9. The molecule has 0 saturated carbocycles. The van der Waals surface area contributed by atoms with Crippen LogP contribution in [0.25, 0.3) is 0 Å². The minimum absolute atomic E-state index is 0.00785. The highest BCUT2D eigenvalue weighted by molar-refractivity contribution is 9.10. The summed E-state index contributed by atoms with van der Waals surface area (Å²) in [5, 5.41) is 3.38. The first-order valence-corrected chi connectivity index (χ1v) is 9.74. The SMILES string of the molecule is FC(F)(F)c1cc(Br)cc(COCCC2(c3cccnc3)CCNCC2)c1. The molecule has 2 aromatic rings. The molecular formula is C20H22BrF3N2O. The number of hydrogen-bond donors (Lipinski definition) is 1. The van der Waals surface area contributed by atoms with Gasteiger partial charge in [0.25, 0.3) is 0 Å². The Labute approximate surface area is 165 Å². The van der Waals surface area contributed by atoms with E-state index in [1.165, 1.54) is 5.56 Å². The van der Waals surface area contributed by atoms with Crippen LogP contribution in [0.5, 0.6) is 0 Å². The first-order valence-electron chi connectivity index (χ1n) is 8.95. The second kappa shape index (κ2) is 8.71. The van der Waals surface area contributed by atoms with E-state index >= 15 is 0 Å². The first kappa shape index (κ1) is 20.3. The lowest BCUT2D eigenvalue weighted by Gasteiger charge is -2.38. The van der Waals surface area contributed by atoms with Gasteiger partial charge in [0.15, 0.2) is 0 Å². The van der Waals surface area contributed by atoms with E-state index in [0.717, 1.165) is 44.5 Å². The van der Waals surface area contributed by atoms with Gasteiger partial charge in [-0.1, -0.05) is 22.0 Å². The number of rotatable bonds is 6. The van der Waals surface area contributed by atoms with Crippen molar-refractivity contribution < 1.29 is 17.9 Å². The molecule has 1 aromatic carbocycles. The molecule has 0 aliphatic carbocycles. The molecule has 0 spiro atoms. The van der Waals surface area contributed by atoms with E-state index in [-0.39, 0.29) is 12.0 Å². The molecule has 3 nitrogen and oxygen atoms in total. The summed E-state index contributed by atoms with van der Waals surface area (Å²) < 4.78 is 45.0. The van der Waals surface area contributed by atoms with Crippen LogP contribution in [0.2, 0.25) is 0 Å². The topological polar surface area (TPSA) is 34.1 Å². The fourth-order valence-electron chi connectivity index (χ4n) is 3.62. The Balaban J connectivity index is 1.62. The Hall–Kier alpha value is -1.44.